The SMILES string of the molecule is Cc1c(O)cc(I)cc1F. The van der Waals surface area contributed by atoms with E-state index < -0.39 is 0 Å². The number of aromatic hydroxyl groups is 1. The molecule has 1 rings (SSSR count). The second-order valence-electron chi connectivity index (χ2n) is 2.03. The van der Waals surface area contributed by atoms with Crippen molar-refractivity contribution in [3.05, 3.63) is 27.1 Å². The van der Waals surface area contributed by atoms with Crippen LogP contribution in [0.15, 0.2) is 12.1 Å². The van der Waals surface area contributed by atoms with E-state index in [2.05, 4.69) is 0 Å². The fourth-order valence-corrected chi connectivity index (χ4v) is 1.20. The zero-order valence-electron chi connectivity index (χ0n) is 5.36. The summed E-state index contributed by atoms with van der Waals surface area (Å²) in [7, 11) is 0. The van der Waals surface area contributed by atoms with Crippen LogP contribution in [0, 0.1) is 16.3 Å². The summed E-state index contributed by atoms with van der Waals surface area (Å²) in [6.45, 7) is 1.54. The van der Waals surface area contributed by atoms with Crippen LogP contribution >= 0.6 is 22.6 Å². The maximum absolute atomic E-state index is 12.7. The summed E-state index contributed by atoms with van der Waals surface area (Å²) in [5.41, 5.74) is 0.306. The molecule has 0 saturated carbocycles. The van der Waals surface area contributed by atoms with Crippen LogP contribution in [0.25, 0.3) is 0 Å². The predicted molar refractivity (Wildman–Crippen MR) is 45.5 cm³/mol. The maximum atomic E-state index is 12.7. The van der Waals surface area contributed by atoms with Crippen LogP contribution < -0.4 is 0 Å². The van der Waals surface area contributed by atoms with Crippen LogP contribution in [0.2, 0.25) is 0 Å². The molecule has 0 heterocycles. The predicted octanol–water partition coefficient (Wildman–Crippen LogP) is 2.44. The van der Waals surface area contributed by atoms with Gasteiger partial charge in [0.1, 0.15) is 11.6 Å². The molecule has 0 aliphatic carbocycles. The highest BCUT2D eigenvalue weighted by Crippen LogP contribution is 2.21. The van der Waals surface area contributed by atoms with Crippen LogP contribution in [0.5, 0.6) is 5.75 Å². The Hall–Kier alpha value is -0.320. The smallest absolute Gasteiger partial charge is 0.130 e. The van der Waals surface area contributed by atoms with E-state index in [-0.39, 0.29) is 11.6 Å². The highest BCUT2D eigenvalue weighted by Gasteiger charge is 2.02. The maximum Gasteiger partial charge on any atom is 0.130 e. The van der Waals surface area contributed by atoms with Crippen molar-refractivity contribution in [2.24, 2.45) is 0 Å². The molecular weight excluding hydrogens is 246 g/mol. The molecule has 3 heteroatoms. The molecule has 0 amide bonds. The van der Waals surface area contributed by atoms with Crippen molar-refractivity contribution in [1.82, 2.24) is 0 Å². The largest absolute Gasteiger partial charge is 0.508 e. The number of rotatable bonds is 0. The first-order valence-electron chi connectivity index (χ1n) is 2.76. The van der Waals surface area contributed by atoms with Crippen LogP contribution in [0.4, 0.5) is 4.39 Å². The van der Waals surface area contributed by atoms with Gasteiger partial charge in [0, 0.05) is 9.13 Å². The second kappa shape index (κ2) is 2.74. The topological polar surface area (TPSA) is 20.2 Å². The molecule has 0 bridgehead atoms. The van der Waals surface area contributed by atoms with Gasteiger partial charge in [-0.05, 0) is 41.6 Å². The lowest BCUT2D eigenvalue weighted by Gasteiger charge is -1.99. The van der Waals surface area contributed by atoms with Crippen LogP contribution in [0.3, 0.4) is 0 Å². The lowest BCUT2D eigenvalue weighted by Crippen LogP contribution is -1.83. The molecule has 1 nitrogen and oxygen atoms in total. The Morgan fingerprint density at radius 3 is 2.60 bits per heavy atom. The zero-order chi connectivity index (χ0) is 7.72. The molecule has 0 atom stereocenters. The zero-order valence-corrected chi connectivity index (χ0v) is 7.52. The Morgan fingerprint density at radius 1 is 1.50 bits per heavy atom. The Kier molecular flexibility index (Phi) is 2.13. The standard InChI is InChI=1S/C7H6FIO/c1-4-6(8)2-5(9)3-7(4)10/h2-3,10H,1H3. The Labute approximate surface area is 72.0 Å². The van der Waals surface area contributed by atoms with Gasteiger partial charge in [0.2, 0.25) is 0 Å². The van der Waals surface area contributed by atoms with Crippen molar-refractivity contribution in [3.8, 4) is 5.75 Å². The first-order valence-corrected chi connectivity index (χ1v) is 3.84. The van der Waals surface area contributed by atoms with Crippen molar-refractivity contribution in [3.63, 3.8) is 0 Å². The monoisotopic (exact) mass is 252 g/mol. The van der Waals surface area contributed by atoms with Gasteiger partial charge in [-0.15, -0.1) is 0 Å². The Balaban J connectivity index is 3.31. The fraction of sp³-hybridized carbons (Fsp3) is 0.143. The first-order chi connectivity index (χ1) is 4.61. The van der Waals surface area contributed by atoms with E-state index in [1.54, 1.807) is 6.92 Å². The minimum absolute atomic E-state index is 0.0180. The third-order valence-corrected chi connectivity index (χ3v) is 1.90. The van der Waals surface area contributed by atoms with Crippen LogP contribution in [-0.4, -0.2) is 5.11 Å². The number of benzene rings is 1. The van der Waals surface area contributed by atoms with Crippen LogP contribution in [-0.2, 0) is 0 Å². The fourth-order valence-electron chi connectivity index (χ4n) is 0.632. The van der Waals surface area contributed by atoms with Gasteiger partial charge in [-0.3, -0.25) is 0 Å². The van der Waals surface area contributed by atoms with E-state index in [0.717, 1.165) is 0 Å². The van der Waals surface area contributed by atoms with E-state index in [9.17, 15) is 4.39 Å². The molecule has 0 spiro atoms. The van der Waals surface area contributed by atoms with E-state index >= 15 is 0 Å². The first kappa shape index (κ1) is 7.78. The van der Waals surface area contributed by atoms with E-state index in [4.69, 9.17) is 5.11 Å². The highest BCUT2D eigenvalue weighted by molar-refractivity contribution is 14.1. The minimum atomic E-state index is -0.357. The molecule has 0 saturated heterocycles. The van der Waals surface area contributed by atoms with Crippen molar-refractivity contribution in [1.29, 1.82) is 0 Å². The van der Waals surface area contributed by atoms with E-state index in [1.165, 1.54) is 12.1 Å². The van der Waals surface area contributed by atoms with Gasteiger partial charge in [0.15, 0.2) is 0 Å². The number of hydrogen-bond donors (Lipinski definition) is 1. The summed E-state index contributed by atoms with van der Waals surface area (Å²) in [6, 6.07) is 2.91. The summed E-state index contributed by atoms with van der Waals surface area (Å²) >= 11 is 1.95. The number of phenols is 1. The minimum Gasteiger partial charge on any atom is -0.508 e. The molecule has 0 unspecified atom stereocenters. The number of halogens is 2. The van der Waals surface area contributed by atoms with Crippen LogP contribution in [0.1, 0.15) is 5.56 Å². The molecule has 0 aliphatic heterocycles. The Morgan fingerprint density at radius 2 is 2.10 bits per heavy atom. The lowest BCUT2D eigenvalue weighted by molar-refractivity contribution is 0.462. The average molecular weight is 252 g/mol. The van der Waals surface area contributed by atoms with Gasteiger partial charge in [-0.2, -0.15) is 0 Å². The summed E-state index contributed by atoms with van der Waals surface area (Å²) < 4.78 is 13.4. The van der Waals surface area contributed by atoms with Gasteiger partial charge in [-0.25, -0.2) is 4.39 Å². The highest BCUT2D eigenvalue weighted by atomic mass is 127. The van der Waals surface area contributed by atoms with Gasteiger partial charge in [-0.1, -0.05) is 0 Å². The lowest BCUT2D eigenvalue weighted by atomic mass is 10.2. The van der Waals surface area contributed by atoms with Crippen molar-refractivity contribution >= 4 is 22.6 Å². The normalized spacial score (nSPS) is 9.90. The van der Waals surface area contributed by atoms with E-state index in [1.807, 2.05) is 22.6 Å². The summed E-state index contributed by atoms with van der Waals surface area (Å²) in [6.07, 6.45) is 0. The molecular formula is C7H6FIO. The molecule has 1 aromatic carbocycles. The second-order valence-corrected chi connectivity index (χ2v) is 3.28. The summed E-state index contributed by atoms with van der Waals surface area (Å²) in [5, 5.41) is 9.04. The molecule has 54 valence electrons. The third kappa shape index (κ3) is 1.39. The molecule has 1 N–H and O–H groups in total. The van der Waals surface area contributed by atoms with E-state index in [0.29, 0.717) is 9.13 Å². The summed E-state index contributed by atoms with van der Waals surface area (Å²) in [5.74, 6) is -0.339. The summed E-state index contributed by atoms with van der Waals surface area (Å²) in [4.78, 5) is 0. The molecule has 1 aromatic rings. The van der Waals surface area contributed by atoms with Gasteiger partial charge in [0.05, 0.1) is 0 Å². The average Bonchev–Trinajstić information content (AvgIpc) is 1.82. The number of hydrogen-bond acceptors (Lipinski definition) is 1. The molecule has 0 aliphatic rings. The van der Waals surface area contributed by atoms with Gasteiger partial charge >= 0.3 is 0 Å². The number of phenolic OH excluding ortho intramolecular Hbond substituents is 1. The molecule has 10 heavy (non-hydrogen) atoms. The third-order valence-electron chi connectivity index (χ3n) is 1.28. The van der Waals surface area contributed by atoms with Crippen molar-refractivity contribution < 1.29 is 9.50 Å². The van der Waals surface area contributed by atoms with Gasteiger partial charge < -0.3 is 5.11 Å². The van der Waals surface area contributed by atoms with Gasteiger partial charge in [0.25, 0.3) is 0 Å². The van der Waals surface area contributed by atoms with Crippen molar-refractivity contribution in [2.75, 3.05) is 0 Å². The Bertz CT molecular complexity index is 237. The molecule has 0 aromatic heterocycles. The van der Waals surface area contributed by atoms with Crippen molar-refractivity contribution in [2.45, 2.75) is 6.92 Å². The molecule has 0 fully saturated rings. The quantitative estimate of drug-likeness (QED) is 0.703. The molecule has 0 radical (unpaired) electrons.